The van der Waals surface area contributed by atoms with Gasteiger partial charge in [-0.25, -0.2) is 4.79 Å². The van der Waals surface area contributed by atoms with Gasteiger partial charge in [0.05, 0.1) is 5.02 Å². The molecule has 0 saturated carbocycles. The van der Waals surface area contributed by atoms with Crippen molar-refractivity contribution < 1.29 is 13.9 Å². The Morgan fingerprint density at radius 1 is 1.40 bits per heavy atom. The summed E-state index contributed by atoms with van der Waals surface area (Å²) in [5.41, 5.74) is 5.84. The fourth-order valence-corrected chi connectivity index (χ4v) is 2.18. The number of carbonyl (C=O) groups is 1. The molecular weight excluding hydrogens is 282 g/mol. The van der Waals surface area contributed by atoms with Gasteiger partial charge < -0.3 is 14.9 Å². The summed E-state index contributed by atoms with van der Waals surface area (Å²) >= 11 is 6.10. The highest BCUT2D eigenvalue weighted by Gasteiger charge is 2.11. The van der Waals surface area contributed by atoms with E-state index >= 15 is 0 Å². The molecule has 0 unspecified atom stereocenters. The van der Waals surface area contributed by atoms with Gasteiger partial charge in [-0.1, -0.05) is 24.9 Å². The van der Waals surface area contributed by atoms with Gasteiger partial charge in [-0.2, -0.15) is 0 Å². The zero-order valence-corrected chi connectivity index (χ0v) is 11.7. The minimum absolute atomic E-state index is 0.259. The molecule has 0 saturated heterocycles. The molecule has 0 bridgehead atoms. The second kappa shape index (κ2) is 5.96. The molecule has 106 valence electrons. The number of rotatable bonds is 5. The molecule has 20 heavy (non-hydrogen) atoms. The van der Waals surface area contributed by atoms with Gasteiger partial charge >= 0.3 is 5.63 Å². The van der Waals surface area contributed by atoms with Crippen molar-refractivity contribution in [1.82, 2.24) is 0 Å². The number of aryl methyl sites for hydroxylation is 1. The Labute approximate surface area is 120 Å². The summed E-state index contributed by atoms with van der Waals surface area (Å²) in [4.78, 5) is 22.2. The monoisotopic (exact) mass is 295 g/mol. The van der Waals surface area contributed by atoms with Crippen LogP contribution in [-0.2, 0) is 11.2 Å². The molecule has 2 aromatic rings. The molecule has 6 heteroatoms. The predicted octanol–water partition coefficient (Wildman–Crippen LogP) is 2.26. The second-order valence-electron chi connectivity index (χ2n) is 4.37. The molecule has 0 aliphatic heterocycles. The minimum atomic E-state index is -0.609. The van der Waals surface area contributed by atoms with E-state index in [4.69, 9.17) is 26.5 Å². The lowest BCUT2D eigenvalue weighted by molar-refractivity contribution is -0.119. The van der Waals surface area contributed by atoms with Crippen LogP contribution >= 0.6 is 11.6 Å². The summed E-state index contributed by atoms with van der Waals surface area (Å²) < 4.78 is 10.3. The Balaban J connectivity index is 2.53. The van der Waals surface area contributed by atoms with Crippen molar-refractivity contribution in [2.24, 2.45) is 5.73 Å². The normalized spacial score (nSPS) is 10.7. The Kier molecular flexibility index (Phi) is 4.29. The molecular formula is C14H14ClNO4. The first kappa shape index (κ1) is 14.4. The highest BCUT2D eigenvalue weighted by atomic mass is 35.5. The highest BCUT2D eigenvalue weighted by molar-refractivity contribution is 6.32. The molecule has 0 radical (unpaired) electrons. The average Bonchev–Trinajstić information content (AvgIpc) is 2.37. The first-order chi connectivity index (χ1) is 9.51. The summed E-state index contributed by atoms with van der Waals surface area (Å²) in [7, 11) is 0. The van der Waals surface area contributed by atoms with Gasteiger partial charge in [0.15, 0.2) is 6.61 Å². The molecule has 1 heterocycles. The average molecular weight is 296 g/mol. The summed E-state index contributed by atoms with van der Waals surface area (Å²) in [6.45, 7) is 1.73. The zero-order chi connectivity index (χ0) is 14.7. The SMILES string of the molecule is CCCc1cc(=O)oc2cc(OCC(N)=O)c(Cl)cc12. The molecule has 5 nitrogen and oxygen atoms in total. The molecule has 1 aromatic carbocycles. The van der Waals surface area contributed by atoms with Crippen molar-refractivity contribution in [3.8, 4) is 5.75 Å². The molecule has 0 fully saturated rings. The van der Waals surface area contributed by atoms with Crippen LogP contribution in [-0.4, -0.2) is 12.5 Å². The van der Waals surface area contributed by atoms with Crippen LogP contribution in [0.15, 0.2) is 27.4 Å². The summed E-state index contributed by atoms with van der Waals surface area (Å²) in [5, 5.41) is 1.10. The Bertz CT molecular complexity index is 708. The maximum Gasteiger partial charge on any atom is 0.336 e. The Morgan fingerprint density at radius 2 is 2.15 bits per heavy atom. The van der Waals surface area contributed by atoms with Crippen LogP contribution in [0.4, 0.5) is 0 Å². The zero-order valence-electron chi connectivity index (χ0n) is 10.9. The Morgan fingerprint density at radius 3 is 2.80 bits per heavy atom. The van der Waals surface area contributed by atoms with Gasteiger partial charge in [0.25, 0.3) is 5.91 Å². The minimum Gasteiger partial charge on any atom is -0.482 e. The maximum absolute atomic E-state index is 11.5. The van der Waals surface area contributed by atoms with Crippen molar-refractivity contribution in [2.75, 3.05) is 6.61 Å². The Hall–Kier alpha value is -2.01. The number of ether oxygens (including phenoxy) is 1. The number of halogens is 1. The van der Waals surface area contributed by atoms with E-state index in [2.05, 4.69) is 0 Å². The third kappa shape index (κ3) is 3.11. The number of amides is 1. The summed E-state index contributed by atoms with van der Waals surface area (Å²) in [6, 6.07) is 4.63. The van der Waals surface area contributed by atoms with Crippen LogP contribution in [0.3, 0.4) is 0 Å². The summed E-state index contributed by atoms with van der Waals surface area (Å²) in [6.07, 6.45) is 1.65. The number of primary amides is 1. The van der Waals surface area contributed by atoms with Crippen LogP contribution in [0.2, 0.25) is 5.02 Å². The van der Waals surface area contributed by atoms with Crippen molar-refractivity contribution in [2.45, 2.75) is 19.8 Å². The van der Waals surface area contributed by atoms with Gasteiger partial charge in [0.1, 0.15) is 11.3 Å². The number of benzene rings is 1. The number of hydrogen-bond acceptors (Lipinski definition) is 4. The second-order valence-corrected chi connectivity index (χ2v) is 4.78. The van der Waals surface area contributed by atoms with Gasteiger partial charge in [-0.15, -0.1) is 0 Å². The molecule has 2 rings (SSSR count). The predicted molar refractivity (Wildman–Crippen MR) is 76.2 cm³/mol. The maximum atomic E-state index is 11.5. The van der Waals surface area contributed by atoms with Crippen LogP contribution < -0.4 is 16.1 Å². The van der Waals surface area contributed by atoms with Crippen molar-refractivity contribution >= 4 is 28.5 Å². The van der Waals surface area contributed by atoms with E-state index < -0.39 is 11.5 Å². The standard InChI is InChI=1S/C14H14ClNO4/c1-2-3-8-4-14(18)20-11-6-12(19-7-13(16)17)10(15)5-9(8)11/h4-6H,2-3,7H2,1H3,(H2,16,17). The van der Waals surface area contributed by atoms with Crippen LogP contribution in [0.25, 0.3) is 11.0 Å². The topological polar surface area (TPSA) is 82.5 Å². The van der Waals surface area contributed by atoms with Crippen molar-refractivity contribution in [3.63, 3.8) is 0 Å². The van der Waals surface area contributed by atoms with Crippen LogP contribution in [0, 0.1) is 0 Å². The highest BCUT2D eigenvalue weighted by Crippen LogP contribution is 2.31. The third-order valence-electron chi connectivity index (χ3n) is 2.77. The quantitative estimate of drug-likeness (QED) is 0.858. The van der Waals surface area contributed by atoms with Gasteiger partial charge in [-0.3, -0.25) is 4.79 Å². The molecule has 0 aliphatic rings. The van der Waals surface area contributed by atoms with E-state index in [1.807, 2.05) is 6.92 Å². The van der Waals surface area contributed by atoms with E-state index in [0.29, 0.717) is 10.6 Å². The smallest absolute Gasteiger partial charge is 0.336 e. The van der Waals surface area contributed by atoms with E-state index in [1.54, 1.807) is 6.07 Å². The fourth-order valence-electron chi connectivity index (χ4n) is 1.96. The number of fused-ring (bicyclic) bond motifs is 1. The lowest BCUT2D eigenvalue weighted by atomic mass is 10.1. The lowest BCUT2D eigenvalue weighted by Crippen LogP contribution is -2.20. The summed E-state index contributed by atoms with van der Waals surface area (Å²) in [5.74, 6) is -0.350. The van der Waals surface area contributed by atoms with Crippen LogP contribution in [0.5, 0.6) is 5.75 Å². The molecule has 0 aliphatic carbocycles. The largest absolute Gasteiger partial charge is 0.482 e. The van der Waals surface area contributed by atoms with E-state index in [-0.39, 0.29) is 12.4 Å². The van der Waals surface area contributed by atoms with E-state index in [1.165, 1.54) is 12.1 Å². The van der Waals surface area contributed by atoms with Crippen LogP contribution in [0.1, 0.15) is 18.9 Å². The molecule has 2 N–H and O–H groups in total. The molecule has 1 aromatic heterocycles. The molecule has 0 atom stereocenters. The molecule has 0 spiro atoms. The van der Waals surface area contributed by atoms with Gasteiger partial charge in [-0.05, 0) is 18.1 Å². The lowest BCUT2D eigenvalue weighted by Gasteiger charge is -2.09. The van der Waals surface area contributed by atoms with E-state index in [9.17, 15) is 9.59 Å². The fraction of sp³-hybridized carbons (Fsp3) is 0.286. The first-order valence-corrected chi connectivity index (χ1v) is 6.56. The third-order valence-corrected chi connectivity index (χ3v) is 3.07. The first-order valence-electron chi connectivity index (χ1n) is 6.18. The van der Waals surface area contributed by atoms with Gasteiger partial charge in [0.2, 0.25) is 0 Å². The molecule has 1 amide bonds. The number of carbonyl (C=O) groups excluding carboxylic acids is 1. The van der Waals surface area contributed by atoms with Crippen molar-refractivity contribution in [3.05, 3.63) is 39.2 Å². The number of hydrogen-bond donors (Lipinski definition) is 1. The number of nitrogens with two attached hydrogens (primary N) is 1. The van der Waals surface area contributed by atoms with Gasteiger partial charge in [0, 0.05) is 17.5 Å². The van der Waals surface area contributed by atoms with Crippen molar-refractivity contribution in [1.29, 1.82) is 0 Å². The van der Waals surface area contributed by atoms with E-state index in [0.717, 1.165) is 23.8 Å².